The fourth-order valence-corrected chi connectivity index (χ4v) is 3.83. The Morgan fingerprint density at radius 3 is 2.21 bits per heavy atom. The molecule has 1 aromatic rings. The van der Waals surface area contributed by atoms with Crippen molar-refractivity contribution < 1.29 is 15.0 Å². The molecule has 0 radical (unpaired) electrons. The molecule has 128 valence electrons. The molecule has 0 aromatic heterocycles. The molecule has 1 aliphatic heterocycles. The molecule has 0 amide bonds. The minimum Gasteiger partial charge on any atom is -0.392 e. The number of nitro groups is 2. The van der Waals surface area contributed by atoms with Crippen molar-refractivity contribution in [2.24, 2.45) is 11.8 Å². The van der Waals surface area contributed by atoms with Crippen molar-refractivity contribution in [3.05, 3.63) is 49.6 Å². The summed E-state index contributed by atoms with van der Waals surface area (Å²) in [6.07, 6.45) is 6.01. The third-order valence-corrected chi connectivity index (χ3v) is 5.10. The quantitative estimate of drug-likeness (QED) is 0.515. The van der Waals surface area contributed by atoms with Crippen LogP contribution in [0.3, 0.4) is 0 Å². The largest absolute Gasteiger partial charge is 0.392 e. The van der Waals surface area contributed by atoms with Gasteiger partial charge in [-0.2, -0.15) is 0 Å². The van der Waals surface area contributed by atoms with Gasteiger partial charge in [-0.05, 0) is 37.2 Å². The first kappa shape index (κ1) is 16.4. The van der Waals surface area contributed by atoms with Gasteiger partial charge in [-0.15, -0.1) is 0 Å². The van der Waals surface area contributed by atoms with Crippen molar-refractivity contribution in [1.29, 1.82) is 0 Å². The first-order valence-electron chi connectivity index (χ1n) is 7.90. The molecule has 1 N–H and O–H groups in total. The van der Waals surface area contributed by atoms with E-state index in [0.29, 0.717) is 24.9 Å². The van der Waals surface area contributed by atoms with Gasteiger partial charge in [0.2, 0.25) is 0 Å². The third-order valence-electron chi connectivity index (χ3n) is 5.10. The molecule has 1 aliphatic carbocycles. The van der Waals surface area contributed by atoms with Crippen LogP contribution in [0.25, 0.3) is 0 Å². The Labute approximate surface area is 138 Å². The number of hydrogen-bond donors (Lipinski definition) is 1. The van der Waals surface area contributed by atoms with E-state index < -0.39 is 16.5 Å². The van der Waals surface area contributed by atoms with Crippen LogP contribution in [0.5, 0.6) is 0 Å². The Balaban J connectivity index is 2.13. The van der Waals surface area contributed by atoms with E-state index in [2.05, 4.69) is 12.2 Å². The van der Waals surface area contributed by atoms with Crippen LogP contribution >= 0.6 is 0 Å². The van der Waals surface area contributed by atoms with E-state index >= 15 is 0 Å². The summed E-state index contributed by atoms with van der Waals surface area (Å²) in [5.74, 6) is 0.735. The average molecular weight is 333 g/mol. The molecule has 1 aromatic carbocycles. The van der Waals surface area contributed by atoms with E-state index in [1.165, 1.54) is 13.0 Å². The molecular weight excluding hydrogens is 314 g/mol. The molecule has 1 fully saturated rings. The van der Waals surface area contributed by atoms with E-state index in [1.54, 1.807) is 4.90 Å². The molecule has 8 heteroatoms. The summed E-state index contributed by atoms with van der Waals surface area (Å²) < 4.78 is 0. The number of aliphatic hydroxyl groups is 1. The predicted octanol–water partition coefficient (Wildman–Crippen LogP) is 2.71. The molecule has 1 heterocycles. The van der Waals surface area contributed by atoms with E-state index in [0.717, 1.165) is 12.8 Å². The lowest BCUT2D eigenvalue weighted by Crippen LogP contribution is -2.23. The molecule has 2 unspecified atom stereocenters. The van der Waals surface area contributed by atoms with Crippen LogP contribution in [0.4, 0.5) is 17.1 Å². The molecule has 3 rings (SSSR count). The van der Waals surface area contributed by atoms with E-state index in [1.807, 2.05) is 0 Å². The summed E-state index contributed by atoms with van der Waals surface area (Å²) in [7, 11) is 0. The lowest BCUT2D eigenvalue weighted by molar-refractivity contribution is -0.393. The zero-order chi connectivity index (χ0) is 17.4. The highest BCUT2D eigenvalue weighted by atomic mass is 16.6. The Morgan fingerprint density at radius 1 is 1.17 bits per heavy atom. The summed E-state index contributed by atoms with van der Waals surface area (Å²) in [5.41, 5.74) is 0.0171. The number of hydrogen-bond acceptors (Lipinski definition) is 6. The lowest BCUT2D eigenvalue weighted by atomic mass is 9.86. The molecule has 24 heavy (non-hydrogen) atoms. The average Bonchev–Trinajstić information content (AvgIpc) is 2.97. The van der Waals surface area contributed by atoms with Gasteiger partial charge < -0.3 is 10.0 Å². The maximum atomic E-state index is 11.6. The fraction of sp³-hybridized carbons (Fsp3) is 0.500. The number of rotatable bonds is 4. The monoisotopic (exact) mass is 333 g/mol. The van der Waals surface area contributed by atoms with Gasteiger partial charge in [0.05, 0.1) is 16.5 Å². The highest BCUT2D eigenvalue weighted by Crippen LogP contribution is 2.45. The van der Waals surface area contributed by atoms with Crippen LogP contribution in [0, 0.1) is 39.0 Å². The SMILES string of the molecule is Cc1c(CO)cc([N+](=O)[O-])c(N2CC3CC=CCC3C2)c1[N+](=O)[O-]. The second kappa shape index (κ2) is 6.20. The molecule has 1 saturated heterocycles. The molecular formula is C16H19N3O5. The van der Waals surface area contributed by atoms with Gasteiger partial charge in [-0.3, -0.25) is 20.2 Å². The second-order valence-electron chi connectivity index (χ2n) is 6.42. The van der Waals surface area contributed by atoms with Gasteiger partial charge in [0.25, 0.3) is 5.69 Å². The minimum absolute atomic E-state index is 0.0779. The van der Waals surface area contributed by atoms with E-state index in [4.69, 9.17) is 0 Å². The summed E-state index contributed by atoms with van der Waals surface area (Å²) in [6, 6.07) is 1.26. The second-order valence-corrected chi connectivity index (χ2v) is 6.42. The molecule has 0 saturated carbocycles. The molecule has 0 bridgehead atoms. The van der Waals surface area contributed by atoms with Crippen LogP contribution in [0.15, 0.2) is 18.2 Å². The number of anilines is 1. The highest BCUT2D eigenvalue weighted by Gasteiger charge is 2.40. The van der Waals surface area contributed by atoms with Crippen LogP contribution < -0.4 is 4.90 Å². The molecule has 2 atom stereocenters. The van der Waals surface area contributed by atoms with Crippen molar-refractivity contribution in [3.8, 4) is 0 Å². The molecule has 2 aliphatic rings. The van der Waals surface area contributed by atoms with Gasteiger partial charge in [0.15, 0.2) is 5.69 Å². The van der Waals surface area contributed by atoms with Gasteiger partial charge in [-0.25, -0.2) is 0 Å². The topological polar surface area (TPSA) is 110 Å². The van der Waals surface area contributed by atoms with E-state index in [9.17, 15) is 25.3 Å². The van der Waals surface area contributed by atoms with Crippen molar-refractivity contribution in [3.63, 3.8) is 0 Å². The van der Waals surface area contributed by atoms with Crippen LogP contribution in [-0.4, -0.2) is 28.0 Å². The fourth-order valence-electron chi connectivity index (χ4n) is 3.83. The first-order chi connectivity index (χ1) is 11.4. The van der Waals surface area contributed by atoms with Crippen LogP contribution in [0.2, 0.25) is 0 Å². The third kappa shape index (κ3) is 2.62. The van der Waals surface area contributed by atoms with Crippen molar-refractivity contribution in [2.75, 3.05) is 18.0 Å². The smallest absolute Gasteiger partial charge is 0.302 e. The van der Waals surface area contributed by atoms with Gasteiger partial charge in [-0.1, -0.05) is 12.2 Å². The maximum Gasteiger partial charge on any atom is 0.302 e. The Bertz CT molecular complexity index is 715. The highest BCUT2D eigenvalue weighted by molar-refractivity contribution is 5.79. The zero-order valence-electron chi connectivity index (χ0n) is 13.3. The minimum atomic E-state index is -0.596. The summed E-state index contributed by atoms with van der Waals surface area (Å²) >= 11 is 0. The Kier molecular flexibility index (Phi) is 4.23. The Hall–Kier alpha value is -2.48. The Morgan fingerprint density at radius 2 is 1.75 bits per heavy atom. The molecule has 8 nitrogen and oxygen atoms in total. The number of nitrogens with zero attached hydrogens (tertiary/aromatic N) is 3. The lowest BCUT2D eigenvalue weighted by Gasteiger charge is -2.20. The number of allylic oxidation sites excluding steroid dienone is 2. The van der Waals surface area contributed by atoms with Crippen LogP contribution in [-0.2, 0) is 6.61 Å². The summed E-state index contributed by atoms with van der Waals surface area (Å²) in [4.78, 5) is 23.7. The normalized spacial score (nSPS) is 22.5. The van der Waals surface area contributed by atoms with Crippen molar-refractivity contribution in [1.82, 2.24) is 0 Å². The standard InChI is InChI=1S/C16H19N3O5/c1-10-13(9-20)6-14(18(21)22)16(15(10)19(23)24)17-7-11-4-2-3-5-12(11)8-17/h2-3,6,11-12,20H,4-5,7-9H2,1H3. The number of aliphatic hydroxyl groups excluding tert-OH is 1. The van der Waals surface area contributed by atoms with Crippen molar-refractivity contribution in [2.45, 2.75) is 26.4 Å². The number of benzene rings is 1. The predicted molar refractivity (Wildman–Crippen MR) is 88.0 cm³/mol. The van der Waals surface area contributed by atoms with Gasteiger partial charge >= 0.3 is 5.69 Å². The maximum absolute atomic E-state index is 11.6. The number of nitro benzene ring substituents is 2. The summed E-state index contributed by atoms with van der Waals surface area (Å²) in [5, 5.41) is 32.5. The van der Waals surface area contributed by atoms with Gasteiger partial charge in [0, 0.05) is 24.7 Å². The van der Waals surface area contributed by atoms with Gasteiger partial charge in [0.1, 0.15) is 0 Å². The summed E-state index contributed by atoms with van der Waals surface area (Å²) in [6.45, 7) is 2.22. The zero-order valence-corrected chi connectivity index (χ0v) is 13.3. The van der Waals surface area contributed by atoms with E-state index in [-0.39, 0.29) is 28.2 Å². The number of fused-ring (bicyclic) bond motifs is 1. The van der Waals surface area contributed by atoms with Crippen LogP contribution in [0.1, 0.15) is 24.0 Å². The molecule has 0 spiro atoms. The first-order valence-corrected chi connectivity index (χ1v) is 7.90. The van der Waals surface area contributed by atoms with Crippen molar-refractivity contribution >= 4 is 17.1 Å².